The van der Waals surface area contributed by atoms with Gasteiger partial charge in [0.15, 0.2) is 8.32 Å². The van der Waals surface area contributed by atoms with Gasteiger partial charge in [0.25, 0.3) is 0 Å². The highest BCUT2D eigenvalue weighted by Crippen LogP contribution is 2.48. The van der Waals surface area contributed by atoms with Crippen LogP contribution in [0.15, 0.2) is 23.8 Å². The molecule has 27 heavy (non-hydrogen) atoms. The molecule has 0 bridgehead atoms. The average molecular weight is 385 g/mol. The van der Waals surface area contributed by atoms with Crippen molar-refractivity contribution in [2.75, 3.05) is 25.4 Å². The maximum Gasteiger partial charge on any atom is 0.192 e. The minimum absolute atomic E-state index is 0.248. The summed E-state index contributed by atoms with van der Waals surface area (Å²) in [4.78, 5) is 2.72. The molecule has 0 radical (unpaired) electrons. The molecule has 3 aliphatic rings. The smallest absolute Gasteiger partial charge is 0.192 e. The second kappa shape index (κ2) is 6.75. The van der Waals surface area contributed by atoms with E-state index in [2.05, 4.69) is 57.0 Å². The van der Waals surface area contributed by atoms with E-state index in [1.54, 1.807) is 11.1 Å². The highest BCUT2D eigenvalue weighted by atomic mass is 28.4. The number of hydrogen-bond acceptors (Lipinski definition) is 3. The van der Waals surface area contributed by atoms with Gasteiger partial charge < -0.3 is 10.2 Å². The van der Waals surface area contributed by atoms with Crippen LogP contribution < -0.4 is 5.73 Å². The van der Waals surface area contributed by atoms with Gasteiger partial charge >= 0.3 is 0 Å². The molecule has 0 amide bonds. The van der Waals surface area contributed by atoms with Gasteiger partial charge in [-0.05, 0) is 84.8 Å². The van der Waals surface area contributed by atoms with Crippen LogP contribution in [-0.2, 0) is 4.43 Å². The number of hydrogen-bond donors (Lipinski definition) is 1. The number of nitrogen functional groups attached to an aromatic ring is 1. The number of rotatable bonds is 3. The number of anilines is 1. The molecule has 1 aromatic rings. The Hall–Kier alpha value is -1.10. The van der Waals surface area contributed by atoms with Gasteiger partial charge in [-0.2, -0.15) is 0 Å². The van der Waals surface area contributed by atoms with Crippen molar-refractivity contribution in [3.63, 3.8) is 0 Å². The summed E-state index contributed by atoms with van der Waals surface area (Å²) < 4.78 is 6.68. The van der Waals surface area contributed by atoms with Gasteiger partial charge in [0.05, 0.1) is 0 Å². The Labute approximate surface area is 166 Å². The topological polar surface area (TPSA) is 38.5 Å². The summed E-state index contributed by atoms with van der Waals surface area (Å²) in [6.45, 7) is 15.0. The third kappa shape index (κ3) is 3.41. The van der Waals surface area contributed by atoms with Crippen molar-refractivity contribution in [2.45, 2.75) is 76.5 Å². The molecule has 0 saturated carbocycles. The van der Waals surface area contributed by atoms with Crippen LogP contribution in [0.5, 0.6) is 0 Å². The van der Waals surface area contributed by atoms with Crippen molar-refractivity contribution in [2.24, 2.45) is 0 Å². The molecule has 0 aromatic heterocycles. The van der Waals surface area contributed by atoms with E-state index in [4.69, 9.17) is 10.2 Å². The van der Waals surface area contributed by atoms with Crippen molar-refractivity contribution in [3.05, 3.63) is 34.9 Å². The number of nitrogens with zero attached hydrogens (tertiary/aromatic N) is 1. The van der Waals surface area contributed by atoms with Crippen LogP contribution in [0.2, 0.25) is 18.1 Å². The van der Waals surface area contributed by atoms with Gasteiger partial charge in [0.2, 0.25) is 0 Å². The third-order valence-electron chi connectivity index (χ3n) is 7.56. The summed E-state index contributed by atoms with van der Waals surface area (Å²) in [5, 5.41) is 0.248. The molecule has 148 valence electrons. The fraction of sp³-hybridized carbons (Fsp3) is 0.652. The maximum absolute atomic E-state index is 6.68. The van der Waals surface area contributed by atoms with Gasteiger partial charge in [-0.15, -0.1) is 0 Å². The first-order valence-corrected chi connectivity index (χ1v) is 13.6. The highest BCUT2D eigenvalue weighted by Gasteiger charge is 2.41. The number of nitrogens with two attached hydrogens (primary N) is 1. The largest absolute Gasteiger partial charge is 0.416 e. The predicted octanol–water partition coefficient (Wildman–Crippen LogP) is 5.40. The predicted molar refractivity (Wildman–Crippen MR) is 117 cm³/mol. The monoisotopic (exact) mass is 384 g/mol. The van der Waals surface area contributed by atoms with E-state index in [1.165, 1.54) is 43.5 Å². The molecular formula is C23H36N2OSi. The lowest BCUT2D eigenvalue weighted by Gasteiger charge is -2.42. The van der Waals surface area contributed by atoms with E-state index >= 15 is 0 Å². The minimum Gasteiger partial charge on any atom is -0.416 e. The molecule has 2 heterocycles. The van der Waals surface area contributed by atoms with Crippen LogP contribution in [0.4, 0.5) is 5.69 Å². The molecule has 2 N–H and O–H groups in total. The second-order valence-corrected chi connectivity index (χ2v) is 15.1. The fourth-order valence-electron chi connectivity index (χ4n) is 4.92. The Bertz CT molecular complexity index is 762. The lowest BCUT2D eigenvalue weighted by Crippen LogP contribution is -2.42. The zero-order valence-corrected chi connectivity index (χ0v) is 18.8. The highest BCUT2D eigenvalue weighted by molar-refractivity contribution is 6.74. The summed E-state index contributed by atoms with van der Waals surface area (Å²) in [6, 6.07) is 7.26. The molecule has 2 atom stereocenters. The molecule has 3 nitrogen and oxygen atoms in total. The first-order valence-electron chi connectivity index (χ1n) is 10.7. The van der Waals surface area contributed by atoms with Crippen LogP contribution in [-0.4, -0.2) is 39.0 Å². The van der Waals surface area contributed by atoms with Gasteiger partial charge in [-0.3, -0.25) is 4.90 Å². The minimum atomic E-state index is -1.75. The molecular weight excluding hydrogens is 348 g/mol. The van der Waals surface area contributed by atoms with Crippen LogP contribution in [0.3, 0.4) is 0 Å². The molecule has 2 aliphatic heterocycles. The van der Waals surface area contributed by atoms with E-state index in [1.807, 2.05) is 0 Å². The molecule has 4 rings (SSSR count). The molecule has 1 aromatic carbocycles. The van der Waals surface area contributed by atoms with Crippen LogP contribution in [0, 0.1) is 0 Å². The fourth-order valence-corrected chi connectivity index (χ4v) is 5.97. The molecule has 4 heteroatoms. The maximum atomic E-state index is 6.68. The van der Waals surface area contributed by atoms with E-state index in [0.29, 0.717) is 12.0 Å². The van der Waals surface area contributed by atoms with Gasteiger partial charge in [-0.1, -0.05) is 26.8 Å². The zero-order valence-electron chi connectivity index (χ0n) is 17.8. The molecule has 0 spiro atoms. The Morgan fingerprint density at radius 3 is 2.74 bits per heavy atom. The number of fused-ring (bicyclic) bond motifs is 4. The summed E-state index contributed by atoms with van der Waals surface area (Å²) in [6.07, 6.45) is 5.03. The quantitative estimate of drug-likeness (QED) is 0.560. The lowest BCUT2D eigenvalue weighted by atomic mass is 9.74. The van der Waals surface area contributed by atoms with Crippen molar-refractivity contribution in [1.29, 1.82) is 0 Å². The Morgan fingerprint density at radius 2 is 2.00 bits per heavy atom. The standard InChI is InChI=1S/C23H36N2OSi/c1-23(2,3)27(4,5)26-15-16-13-21-19(10-12-25-11-6-7-22(21)25)18-9-8-17(24)14-20(16)18/h8-9,14,16,22H,6-7,10-13,15,24H2,1-5H3/t16-,22-/m0/s1. The summed E-state index contributed by atoms with van der Waals surface area (Å²) >= 11 is 0. The van der Waals surface area contributed by atoms with E-state index in [-0.39, 0.29) is 5.04 Å². The normalized spacial score (nSPS) is 26.0. The summed E-state index contributed by atoms with van der Waals surface area (Å²) in [5.41, 5.74) is 13.3. The average Bonchev–Trinajstić information content (AvgIpc) is 3.07. The van der Waals surface area contributed by atoms with Crippen molar-refractivity contribution in [1.82, 2.24) is 4.90 Å². The molecule has 1 aliphatic carbocycles. The van der Waals surface area contributed by atoms with Crippen molar-refractivity contribution >= 4 is 19.6 Å². The number of benzene rings is 1. The first kappa shape index (κ1) is 19.2. The van der Waals surface area contributed by atoms with Crippen molar-refractivity contribution in [3.8, 4) is 0 Å². The Morgan fingerprint density at radius 1 is 1.22 bits per heavy atom. The van der Waals surface area contributed by atoms with Crippen LogP contribution in [0.25, 0.3) is 5.57 Å². The van der Waals surface area contributed by atoms with Crippen LogP contribution >= 0.6 is 0 Å². The second-order valence-electron chi connectivity index (χ2n) is 10.3. The molecule has 0 unspecified atom stereocenters. The Kier molecular flexibility index (Phi) is 4.81. The van der Waals surface area contributed by atoms with E-state index in [9.17, 15) is 0 Å². The Balaban J connectivity index is 1.66. The molecule has 1 saturated heterocycles. The van der Waals surface area contributed by atoms with E-state index < -0.39 is 8.32 Å². The van der Waals surface area contributed by atoms with E-state index in [0.717, 1.165) is 18.7 Å². The lowest BCUT2D eigenvalue weighted by molar-refractivity contribution is 0.241. The van der Waals surface area contributed by atoms with Gasteiger partial charge in [0, 0.05) is 30.8 Å². The van der Waals surface area contributed by atoms with Gasteiger partial charge in [0.1, 0.15) is 0 Å². The zero-order chi connectivity index (χ0) is 19.4. The first-order chi connectivity index (χ1) is 12.7. The molecule has 1 fully saturated rings. The van der Waals surface area contributed by atoms with Crippen molar-refractivity contribution < 1.29 is 4.43 Å². The SMILES string of the molecule is CC(C)(C)[Si](C)(C)OC[C@@H]1CC2=C(CCN3CCC[C@@H]23)c2ccc(N)cc21. The third-order valence-corrected chi connectivity index (χ3v) is 12.1. The van der Waals surface area contributed by atoms with Crippen LogP contribution in [0.1, 0.15) is 63.5 Å². The summed E-state index contributed by atoms with van der Waals surface area (Å²) in [5.74, 6) is 0.442. The summed E-state index contributed by atoms with van der Waals surface area (Å²) in [7, 11) is -1.75. The van der Waals surface area contributed by atoms with Gasteiger partial charge in [-0.25, -0.2) is 0 Å².